The Morgan fingerprint density at radius 3 is 2.85 bits per heavy atom. The summed E-state index contributed by atoms with van der Waals surface area (Å²) in [7, 11) is 0. The Hall–Kier alpha value is -0.160. The van der Waals surface area contributed by atoms with E-state index in [9.17, 15) is 5.11 Å². The first-order chi connectivity index (χ1) is 9.65. The summed E-state index contributed by atoms with van der Waals surface area (Å²) in [5, 5.41) is 13.3. The van der Waals surface area contributed by atoms with E-state index in [-0.39, 0.29) is 0 Å². The lowest BCUT2D eigenvalue weighted by atomic mass is 9.89. The third kappa shape index (κ3) is 5.32. The van der Waals surface area contributed by atoms with Gasteiger partial charge in [0.25, 0.3) is 0 Å². The van der Waals surface area contributed by atoms with Crippen LogP contribution in [0.2, 0.25) is 0 Å². The second-order valence-electron chi connectivity index (χ2n) is 6.66. The summed E-state index contributed by atoms with van der Waals surface area (Å²) >= 11 is 0. The molecule has 2 N–H and O–H groups in total. The Labute approximate surface area is 123 Å². The van der Waals surface area contributed by atoms with E-state index in [2.05, 4.69) is 19.2 Å². The van der Waals surface area contributed by atoms with Gasteiger partial charge >= 0.3 is 0 Å². The highest BCUT2D eigenvalue weighted by atomic mass is 16.5. The lowest BCUT2D eigenvalue weighted by Crippen LogP contribution is -2.36. The summed E-state index contributed by atoms with van der Waals surface area (Å²) in [4.78, 5) is 0. The molecule has 0 radical (unpaired) electrons. The average molecular weight is 285 g/mol. The van der Waals surface area contributed by atoms with Crippen molar-refractivity contribution in [1.82, 2.24) is 5.32 Å². The average Bonchev–Trinajstić information content (AvgIpc) is 2.82. The number of ether oxygens (including phenoxy) is 2. The van der Waals surface area contributed by atoms with E-state index in [1.165, 1.54) is 12.8 Å². The molecule has 0 amide bonds. The molecule has 118 valence electrons. The van der Waals surface area contributed by atoms with Crippen LogP contribution in [-0.4, -0.2) is 49.7 Å². The second-order valence-corrected chi connectivity index (χ2v) is 6.66. The molecule has 1 aliphatic carbocycles. The zero-order valence-electron chi connectivity index (χ0n) is 13.0. The number of rotatable bonds is 7. The van der Waals surface area contributed by atoms with Crippen molar-refractivity contribution >= 4 is 0 Å². The number of nitrogens with one attached hydrogen (secondary N) is 1. The molecule has 20 heavy (non-hydrogen) atoms. The van der Waals surface area contributed by atoms with E-state index < -0.39 is 6.10 Å². The highest BCUT2D eigenvalue weighted by Gasteiger charge is 2.24. The Bertz CT molecular complexity index is 274. The number of hydrogen-bond acceptors (Lipinski definition) is 4. The van der Waals surface area contributed by atoms with Gasteiger partial charge in [0.1, 0.15) is 0 Å². The van der Waals surface area contributed by atoms with E-state index >= 15 is 0 Å². The van der Waals surface area contributed by atoms with Crippen LogP contribution in [0.4, 0.5) is 0 Å². The van der Waals surface area contributed by atoms with Crippen LogP contribution >= 0.6 is 0 Å². The molecule has 4 nitrogen and oxygen atoms in total. The topological polar surface area (TPSA) is 50.7 Å². The third-order valence-electron chi connectivity index (χ3n) is 4.73. The molecule has 4 heteroatoms. The number of aliphatic hydroxyl groups is 1. The van der Waals surface area contributed by atoms with Crippen LogP contribution in [0.5, 0.6) is 0 Å². The summed E-state index contributed by atoms with van der Waals surface area (Å²) in [6.45, 7) is 7.30. The van der Waals surface area contributed by atoms with Gasteiger partial charge in [-0.1, -0.05) is 19.8 Å². The van der Waals surface area contributed by atoms with E-state index in [0.29, 0.717) is 31.3 Å². The third-order valence-corrected chi connectivity index (χ3v) is 4.73. The van der Waals surface area contributed by atoms with Gasteiger partial charge in [-0.15, -0.1) is 0 Å². The normalized spacial score (nSPS) is 36.1. The second kappa shape index (κ2) is 8.32. The van der Waals surface area contributed by atoms with Gasteiger partial charge < -0.3 is 19.9 Å². The van der Waals surface area contributed by atoms with Gasteiger partial charge in [-0.25, -0.2) is 0 Å². The summed E-state index contributed by atoms with van der Waals surface area (Å²) in [5.41, 5.74) is 0. The predicted octanol–water partition coefficient (Wildman–Crippen LogP) is 1.96. The minimum atomic E-state index is -0.398. The molecule has 0 aromatic heterocycles. The molecule has 0 aromatic carbocycles. The minimum Gasteiger partial charge on any atom is -0.389 e. The monoisotopic (exact) mass is 285 g/mol. The van der Waals surface area contributed by atoms with Crippen LogP contribution in [0.3, 0.4) is 0 Å². The first-order valence-corrected chi connectivity index (χ1v) is 8.27. The molecule has 5 unspecified atom stereocenters. The Morgan fingerprint density at radius 1 is 1.30 bits per heavy atom. The van der Waals surface area contributed by atoms with Gasteiger partial charge in [0, 0.05) is 19.7 Å². The SMILES string of the molecule is CC1CCCC(OCC(O)CNCC2CCOC2C)C1. The van der Waals surface area contributed by atoms with Crippen molar-refractivity contribution in [2.45, 2.75) is 64.3 Å². The van der Waals surface area contributed by atoms with Crippen LogP contribution < -0.4 is 5.32 Å². The molecule has 2 rings (SSSR count). The molecule has 0 aromatic rings. The molecule has 2 aliphatic rings. The zero-order chi connectivity index (χ0) is 14.4. The van der Waals surface area contributed by atoms with Crippen molar-refractivity contribution in [3.8, 4) is 0 Å². The maximum atomic E-state index is 9.97. The lowest BCUT2D eigenvalue weighted by Gasteiger charge is -2.27. The van der Waals surface area contributed by atoms with Crippen LogP contribution in [-0.2, 0) is 9.47 Å². The van der Waals surface area contributed by atoms with Gasteiger partial charge in [-0.05, 0) is 38.0 Å². The lowest BCUT2D eigenvalue weighted by molar-refractivity contribution is -0.0308. The molecular weight excluding hydrogens is 254 g/mol. The summed E-state index contributed by atoms with van der Waals surface area (Å²) < 4.78 is 11.4. The van der Waals surface area contributed by atoms with E-state index in [0.717, 1.165) is 38.3 Å². The van der Waals surface area contributed by atoms with Crippen molar-refractivity contribution in [3.63, 3.8) is 0 Å². The molecule has 1 saturated carbocycles. The number of hydrogen-bond donors (Lipinski definition) is 2. The molecule has 5 atom stereocenters. The fourth-order valence-corrected chi connectivity index (χ4v) is 3.32. The zero-order valence-corrected chi connectivity index (χ0v) is 13.0. The summed E-state index contributed by atoms with van der Waals surface area (Å²) in [6.07, 6.45) is 6.33. The smallest absolute Gasteiger partial charge is 0.0897 e. The van der Waals surface area contributed by atoms with Crippen LogP contribution in [0.1, 0.15) is 46.0 Å². The van der Waals surface area contributed by atoms with Gasteiger partial charge in [-0.2, -0.15) is 0 Å². The Kier molecular flexibility index (Phi) is 6.75. The van der Waals surface area contributed by atoms with Crippen molar-refractivity contribution in [2.75, 3.05) is 26.3 Å². The molecule has 0 spiro atoms. The minimum absolute atomic E-state index is 0.347. The molecular formula is C16H31NO3. The standard InChI is InChI=1S/C16H31NO3/c1-12-4-3-5-16(8-12)20-11-15(18)10-17-9-14-6-7-19-13(14)2/h12-18H,3-11H2,1-2H3. The molecule has 1 heterocycles. The van der Waals surface area contributed by atoms with Crippen LogP contribution in [0, 0.1) is 11.8 Å². The van der Waals surface area contributed by atoms with E-state index in [1.807, 2.05) is 0 Å². The van der Waals surface area contributed by atoms with Crippen LogP contribution in [0.15, 0.2) is 0 Å². The molecule has 0 bridgehead atoms. The van der Waals surface area contributed by atoms with Crippen molar-refractivity contribution < 1.29 is 14.6 Å². The van der Waals surface area contributed by atoms with E-state index in [4.69, 9.17) is 9.47 Å². The first-order valence-electron chi connectivity index (χ1n) is 8.27. The van der Waals surface area contributed by atoms with Gasteiger partial charge in [-0.3, -0.25) is 0 Å². The highest BCUT2D eigenvalue weighted by molar-refractivity contribution is 4.75. The summed E-state index contributed by atoms with van der Waals surface area (Å²) in [5.74, 6) is 1.36. The number of aliphatic hydroxyl groups excluding tert-OH is 1. The fraction of sp³-hybridized carbons (Fsp3) is 1.00. The highest BCUT2D eigenvalue weighted by Crippen LogP contribution is 2.25. The van der Waals surface area contributed by atoms with Gasteiger partial charge in [0.2, 0.25) is 0 Å². The molecule has 2 fully saturated rings. The Balaban J connectivity index is 1.52. The quantitative estimate of drug-likeness (QED) is 0.751. The largest absolute Gasteiger partial charge is 0.389 e. The Morgan fingerprint density at radius 2 is 2.15 bits per heavy atom. The van der Waals surface area contributed by atoms with Crippen molar-refractivity contribution in [1.29, 1.82) is 0 Å². The fourth-order valence-electron chi connectivity index (χ4n) is 3.32. The van der Waals surface area contributed by atoms with Crippen molar-refractivity contribution in [2.24, 2.45) is 11.8 Å². The first kappa shape index (κ1) is 16.2. The van der Waals surface area contributed by atoms with E-state index in [1.54, 1.807) is 0 Å². The molecule has 1 aliphatic heterocycles. The van der Waals surface area contributed by atoms with Crippen molar-refractivity contribution in [3.05, 3.63) is 0 Å². The van der Waals surface area contributed by atoms with Crippen LogP contribution in [0.25, 0.3) is 0 Å². The predicted molar refractivity (Wildman–Crippen MR) is 79.8 cm³/mol. The maximum Gasteiger partial charge on any atom is 0.0897 e. The maximum absolute atomic E-state index is 9.97. The molecule has 1 saturated heterocycles. The summed E-state index contributed by atoms with van der Waals surface area (Å²) in [6, 6.07) is 0. The van der Waals surface area contributed by atoms with Gasteiger partial charge in [0.05, 0.1) is 24.9 Å². The van der Waals surface area contributed by atoms with Gasteiger partial charge in [0.15, 0.2) is 0 Å².